The van der Waals surface area contributed by atoms with Crippen molar-refractivity contribution in [1.82, 2.24) is 9.97 Å². The number of hydrogen-bond donors (Lipinski definition) is 1. The normalized spacial score (nSPS) is 11.2. The molecule has 106 valence electrons. The molecular formula is C11H9Cl2N3O3S. The predicted octanol–water partition coefficient (Wildman–Crippen LogP) is 2.59. The average Bonchev–Trinajstić information content (AvgIpc) is 2.42. The quantitative estimate of drug-likeness (QED) is 0.929. The van der Waals surface area contributed by atoms with Gasteiger partial charge in [0.25, 0.3) is 10.0 Å². The van der Waals surface area contributed by atoms with E-state index in [-0.39, 0.29) is 20.9 Å². The highest BCUT2D eigenvalue weighted by Crippen LogP contribution is 2.29. The summed E-state index contributed by atoms with van der Waals surface area (Å²) in [5.74, 6) is 0.315. The smallest absolute Gasteiger partial charge is 0.265 e. The number of benzene rings is 1. The van der Waals surface area contributed by atoms with Gasteiger partial charge >= 0.3 is 0 Å². The van der Waals surface area contributed by atoms with E-state index >= 15 is 0 Å². The third-order valence-electron chi connectivity index (χ3n) is 2.30. The second-order valence-corrected chi connectivity index (χ2v) is 6.04. The van der Waals surface area contributed by atoms with Crippen LogP contribution in [0.2, 0.25) is 10.0 Å². The number of nitrogens with one attached hydrogen (secondary N) is 1. The summed E-state index contributed by atoms with van der Waals surface area (Å²) >= 11 is 11.7. The van der Waals surface area contributed by atoms with Crippen LogP contribution in [0, 0.1) is 0 Å². The van der Waals surface area contributed by atoms with Gasteiger partial charge in [-0.1, -0.05) is 29.3 Å². The van der Waals surface area contributed by atoms with E-state index in [1.165, 1.54) is 37.7 Å². The minimum Gasteiger partial charge on any atom is -0.494 e. The number of methoxy groups -OCH3 is 1. The first-order chi connectivity index (χ1) is 9.44. The zero-order valence-electron chi connectivity index (χ0n) is 10.2. The lowest BCUT2D eigenvalue weighted by Crippen LogP contribution is -2.15. The summed E-state index contributed by atoms with van der Waals surface area (Å²) in [6, 6.07) is 4.31. The Kier molecular flexibility index (Phi) is 4.32. The van der Waals surface area contributed by atoms with Gasteiger partial charge in [0.2, 0.25) is 5.95 Å². The summed E-state index contributed by atoms with van der Waals surface area (Å²) in [5, 5.41) is 0.0837. The van der Waals surface area contributed by atoms with Crippen LogP contribution >= 0.6 is 23.2 Å². The number of nitrogens with zero attached hydrogens (tertiary/aromatic N) is 2. The van der Waals surface area contributed by atoms with Crippen molar-refractivity contribution in [2.75, 3.05) is 11.8 Å². The van der Waals surface area contributed by atoms with Crippen molar-refractivity contribution in [3.63, 3.8) is 0 Å². The molecule has 6 nitrogen and oxygen atoms in total. The molecule has 1 N–H and O–H groups in total. The van der Waals surface area contributed by atoms with E-state index in [4.69, 9.17) is 27.9 Å². The fourth-order valence-corrected chi connectivity index (χ4v) is 3.06. The van der Waals surface area contributed by atoms with Gasteiger partial charge in [0.15, 0.2) is 5.75 Å². The molecule has 1 aromatic heterocycles. The van der Waals surface area contributed by atoms with Crippen LogP contribution in [0.4, 0.5) is 5.95 Å². The summed E-state index contributed by atoms with van der Waals surface area (Å²) in [7, 11) is -2.47. The number of rotatable bonds is 4. The zero-order chi connectivity index (χ0) is 14.8. The van der Waals surface area contributed by atoms with Crippen LogP contribution in [0.1, 0.15) is 0 Å². The van der Waals surface area contributed by atoms with E-state index in [0.717, 1.165) is 0 Å². The standard InChI is InChI=1S/C11H9Cl2N3O3S/c1-19-7-5-14-11(15-6-7)16-20(17,18)9-4-2-3-8(12)10(9)13/h2-6H,1H3,(H,14,15,16). The number of halogens is 2. The van der Waals surface area contributed by atoms with Gasteiger partial charge in [-0.2, -0.15) is 0 Å². The molecule has 2 aromatic rings. The summed E-state index contributed by atoms with van der Waals surface area (Å²) in [5.41, 5.74) is 0. The topological polar surface area (TPSA) is 81.2 Å². The Morgan fingerprint density at radius 1 is 1.20 bits per heavy atom. The van der Waals surface area contributed by atoms with E-state index < -0.39 is 10.0 Å². The lowest BCUT2D eigenvalue weighted by Gasteiger charge is -2.09. The molecule has 1 heterocycles. The molecule has 0 radical (unpaired) electrons. The summed E-state index contributed by atoms with van der Waals surface area (Å²) in [4.78, 5) is 7.47. The van der Waals surface area contributed by atoms with Crippen molar-refractivity contribution in [1.29, 1.82) is 0 Å². The number of aromatic nitrogens is 2. The van der Waals surface area contributed by atoms with Crippen LogP contribution in [0.25, 0.3) is 0 Å². The molecule has 0 saturated carbocycles. The second kappa shape index (κ2) is 5.82. The highest BCUT2D eigenvalue weighted by Gasteiger charge is 2.20. The van der Waals surface area contributed by atoms with Crippen LogP contribution in [-0.2, 0) is 10.0 Å². The zero-order valence-corrected chi connectivity index (χ0v) is 12.5. The van der Waals surface area contributed by atoms with Gasteiger partial charge < -0.3 is 4.74 Å². The summed E-state index contributed by atoms with van der Waals surface area (Å²) in [6.07, 6.45) is 2.68. The SMILES string of the molecule is COc1cnc(NS(=O)(=O)c2cccc(Cl)c2Cl)nc1. The molecule has 0 spiro atoms. The second-order valence-electron chi connectivity index (χ2n) is 3.60. The lowest BCUT2D eigenvalue weighted by atomic mass is 10.4. The van der Waals surface area contributed by atoms with E-state index in [1.807, 2.05) is 0 Å². The molecule has 0 fully saturated rings. The van der Waals surface area contributed by atoms with Crippen molar-refractivity contribution in [2.24, 2.45) is 0 Å². The maximum absolute atomic E-state index is 12.2. The highest BCUT2D eigenvalue weighted by molar-refractivity contribution is 7.92. The first kappa shape index (κ1) is 14.8. The average molecular weight is 334 g/mol. The van der Waals surface area contributed by atoms with Gasteiger partial charge in [-0.25, -0.2) is 23.1 Å². The molecule has 0 bridgehead atoms. The van der Waals surface area contributed by atoms with E-state index in [0.29, 0.717) is 5.75 Å². The summed E-state index contributed by atoms with van der Waals surface area (Å²) < 4.78 is 31.4. The first-order valence-corrected chi connectivity index (χ1v) is 7.51. The van der Waals surface area contributed by atoms with Crippen molar-refractivity contribution in [3.8, 4) is 5.75 Å². The molecule has 0 atom stereocenters. The molecule has 9 heteroatoms. The fraction of sp³-hybridized carbons (Fsp3) is 0.0909. The van der Waals surface area contributed by atoms with Crippen LogP contribution in [0.5, 0.6) is 5.75 Å². The molecule has 0 saturated heterocycles. The Hall–Kier alpha value is -1.57. The number of ether oxygens (including phenoxy) is 1. The Morgan fingerprint density at radius 2 is 1.85 bits per heavy atom. The van der Waals surface area contributed by atoms with Crippen molar-refractivity contribution in [2.45, 2.75) is 4.90 Å². The Labute approximate surface area is 125 Å². The van der Waals surface area contributed by atoms with Gasteiger partial charge in [0.1, 0.15) is 4.90 Å². The minimum absolute atomic E-state index is 0.0600. The molecule has 1 aromatic carbocycles. The third kappa shape index (κ3) is 3.12. The molecule has 0 aliphatic carbocycles. The molecule has 0 unspecified atom stereocenters. The largest absolute Gasteiger partial charge is 0.494 e. The Morgan fingerprint density at radius 3 is 2.45 bits per heavy atom. The van der Waals surface area contributed by atoms with Gasteiger partial charge in [-0.05, 0) is 12.1 Å². The van der Waals surface area contributed by atoms with Crippen molar-refractivity contribution >= 4 is 39.2 Å². The van der Waals surface area contributed by atoms with Gasteiger partial charge in [-0.15, -0.1) is 0 Å². The van der Waals surface area contributed by atoms with Crippen molar-refractivity contribution in [3.05, 3.63) is 40.6 Å². The fourth-order valence-electron chi connectivity index (χ4n) is 1.34. The van der Waals surface area contributed by atoms with Crippen LogP contribution < -0.4 is 9.46 Å². The molecular weight excluding hydrogens is 325 g/mol. The third-order valence-corrected chi connectivity index (χ3v) is 4.60. The monoisotopic (exact) mass is 333 g/mol. The highest BCUT2D eigenvalue weighted by atomic mass is 35.5. The number of anilines is 1. The van der Waals surface area contributed by atoms with Crippen molar-refractivity contribution < 1.29 is 13.2 Å². The maximum Gasteiger partial charge on any atom is 0.265 e. The van der Waals surface area contributed by atoms with Crippen LogP contribution in [0.15, 0.2) is 35.5 Å². The Balaban J connectivity index is 2.33. The Bertz CT molecular complexity index is 720. The molecule has 0 aliphatic rings. The number of hydrogen-bond acceptors (Lipinski definition) is 5. The maximum atomic E-state index is 12.2. The van der Waals surface area contributed by atoms with E-state index in [1.54, 1.807) is 0 Å². The number of sulfonamides is 1. The van der Waals surface area contributed by atoms with Crippen LogP contribution in [-0.4, -0.2) is 25.5 Å². The van der Waals surface area contributed by atoms with Crippen LogP contribution in [0.3, 0.4) is 0 Å². The summed E-state index contributed by atoms with van der Waals surface area (Å²) in [6.45, 7) is 0. The minimum atomic E-state index is -3.92. The lowest BCUT2D eigenvalue weighted by molar-refractivity contribution is 0.411. The van der Waals surface area contributed by atoms with E-state index in [2.05, 4.69) is 14.7 Å². The molecule has 20 heavy (non-hydrogen) atoms. The molecule has 0 aliphatic heterocycles. The van der Waals surface area contributed by atoms with Gasteiger partial charge in [-0.3, -0.25) is 0 Å². The van der Waals surface area contributed by atoms with Gasteiger partial charge in [0, 0.05) is 0 Å². The van der Waals surface area contributed by atoms with Gasteiger partial charge in [0.05, 0.1) is 29.5 Å². The molecule has 2 rings (SSSR count). The van der Waals surface area contributed by atoms with E-state index in [9.17, 15) is 8.42 Å². The predicted molar refractivity (Wildman–Crippen MR) is 75.9 cm³/mol. The molecule has 0 amide bonds. The first-order valence-electron chi connectivity index (χ1n) is 5.27.